The van der Waals surface area contributed by atoms with Crippen LogP contribution >= 0.6 is 0 Å². The quantitative estimate of drug-likeness (QED) is 0.873. The average molecular weight is 345 g/mol. The van der Waals surface area contributed by atoms with Gasteiger partial charge in [-0.3, -0.25) is 4.79 Å². The zero-order valence-corrected chi connectivity index (χ0v) is 14.5. The summed E-state index contributed by atoms with van der Waals surface area (Å²) in [5.41, 5.74) is -0.663. The molecule has 1 atom stereocenters. The van der Waals surface area contributed by atoms with Crippen molar-refractivity contribution in [2.45, 2.75) is 44.9 Å². The van der Waals surface area contributed by atoms with Gasteiger partial charge in [-0.15, -0.1) is 5.10 Å². The van der Waals surface area contributed by atoms with Crippen molar-refractivity contribution in [1.29, 1.82) is 0 Å². The molecule has 1 saturated heterocycles. The molecule has 1 unspecified atom stereocenters. The molecule has 1 aliphatic rings. The number of nitrogens with zero attached hydrogens (tertiary/aromatic N) is 5. The van der Waals surface area contributed by atoms with Crippen LogP contribution in [-0.4, -0.2) is 60.7 Å². The molecule has 0 bridgehead atoms. The van der Waals surface area contributed by atoms with E-state index in [0.717, 1.165) is 6.42 Å². The van der Waals surface area contributed by atoms with Crippen LogP contribution in [0.1, 0.15) is 37.2 Å². The van der Waals surface area contributed by atoms with Crippen molar-refractivity contribution in [2.24, 2.45) is 0 Å². The number of piperidine rings is 1. The van der Waals surface area contributed by atoms with Gasteiger partial charge in [-0.2, -0.15) is 0 Å². The fourth-order valence-electron chi connectivity index (χ4n) is 3.04. The van der Waals surface area contributed by atoms with Gasteiger partial charge in [0.1, 0.15) is 17.0 Å². The highest BCUT2D eigenvalue weighted by Gasteiger charge is 2.36. The molecule has 8 nitrogen and oxygen atoms in total. The smallest absolute Gasteiger partial charge is 0.272 e. The van der Waals surface area contributed by atoms with E-state index >= 15 is 0 Å². The van der Waals surface area contributed by atoms with E-state index in [0.29, 0.717) is 31.0 Å². The van der Waals surface area contributed by atoms with Gasteiger partial charge in [0.25, 0.3) is 5.91 Å². The first-order valence-electron chi connectivity index (χ1n) is 8.44. The summed E-state index contributed by atoms with van der Waals surface area (Å²) in [7, 11) is 0. The number of likely N-dealkylation sites (tertiary alicyclic amines) is 1. The molecular formula is C17H23N5O3. The van der Waals surface area contributed by atoms with Crippen LogP contribution in [0, 0.1) is 0 Å². The molecule has 3 heterocycles. The van der Waals surface area contributed by atoms with Gasteiger partial charge in [0.2, 0.25) is 0 Å². The predicted octanol–water partition coefficient (Wildman–Crippen LogP) is 1.13. The SMILES string of the molecule is CC(C)Oc1ccc(C(=O)N2CCCC(O)(Cn3ccnn3)C2)nc1. The summed E-state index contributed by atoms with van der Waals surface area (Å²) in [6, 6.07) is 3.40. The maximum Gasteiger partial charge on any atom is 0.272 e. The second-order valence-corrected chi connectivity index (χ2v) is 6.70. The maximum absolute atomic E-state index is 12.7. The molecule has 134 valence electrons. The number of amides is 1. The summed E-state index contributed by atoms with van der Waals surface area (Å²) in [4.78, 5) is 18.5. The Morgan fingerprint density at radius 3 is 2.92 bits per heavy atom. The van der Waals surface area contributed by atoms with Gasteiger partial charge < -0.3 is 14.7 Å². The van der Waals surface area contributed by atoms with Crippen LogP contribution in [0.5, 0.6) is 5.75 Å². The van der Waals surface area contributed by atoms with Crippen molar-refractivity contribution < 1.29 is 14.6 Å². The number of rotatable bonds is 5. The van der Waals surface area contributed by atoms with Crippen LogP contribution < -0.4 is 4.74 Å². The third-order valence-electron chi connectivity index (χ3n) is 4.10. The van der Waals surface area contributed by atoms with E-state index in [1.807, 2.05) is 13.8 Å². The largest absolute Gasteiger partial charge is 0.489 e. The van der Waals surface area contributed by atoms with Gasteiger partial charge in [0.05, 0.1) is 31.6 Å². The summed E-state index contributed by atoms with van der Waals surface area (Å²) in [5.74, 6) is 0.445. The topological polar surface area (TPSA) is 93.4 Å². The highest BCUT2D eigenvalue weighted by atomic mass is 16.5. The number of aliphatic hydroxyl groups is 1. The third-order valence-corrected chi connectivity index (χ3v) is 4.10. The first-order chi connectivity index (χ1) is 12.0. The number of hydrogen-bond acceptors (Lipinski definition) is 6. The zero-order chi connectivity index (χ0) is 17.9. The van der Waals surface area contributed by atoms with E-state index in [-0.39, 0.29) is 18.6 Å². The lowest BCUT2D eigenvalue weighted by Crippen LogP contribution is -2.52. The van der Waals surface area contributed by atoms with Crippen LogP contribution in [0.15, 0.2) is 30.7 Å². The molecule has 1 N–H and O–H groups in total. The zero-order valence-electron chi connectivity index (χ0n) is 14.5. The van der Waals surface area contributed by atoms with Crippen molar-refractivity contribution in [2.75, 3.05) is 13.1 Å². The Hall–Kier alpha value is -2.48. The van der Waals surface area contributed by atoms with Crippen molar-refractivity contribution >= 4 is 5.91 Å². The van der Waals surface area contributed by atoms with E-state index in [2.05, 4.69) is 15.3 Å². The highest BCUT2D eigenvalue weighted by molar-refractivity contribution is 5.92. The van der Waals surface area contributed by atoms with Gasteiger partial charge in [0, 0.05) is 12.7 Å². The Morgan fingerprint density at radius 2 is 2.28 bits per heavy atom. The molecule has 1 aliphatic heterocycles. The molecule has 8 heteroatoms. The lowest BCUT2D eigenvalue weighted by molar-refractivity contribution is -0.0388. The number of carbonyl (C=O) groups excluding carboxylic acids is 1. The number of carbonyl (C=O) groups is 1. The van der Waals surface area contributed by atoms with Crippen molar-refractivity contribution in [3.63, 3.8) is 0 Å². The van der Waals surface area contributed by atoms with Crippen LogP contribution in [0.25, 0.3) is 0 Å². The second-order valence-electron chi connectivity index (χ2n) is 6.70. The monoisotopic (exact) mass is 345 g/mol. The molecule has 2 aromatic rings. The highest BCUT2D eigenvalue weighted by Crippen LogP contribution is 2.24. The first kappa shape index (κ1) is 17.3. The number of β-amino-alcohol motifs (C(OH)–C–C–N with tert-alkyl or cyclic N) is 1. The fraction of sp³-hybridized carbons (Fsp3) is 0.529. The summed E-state index contributed by atoms with van der Waals surface area (Å²) in [6.45, 7) is 5.03. The number of hydrogen-bond donors (Lipinski definition) is 1. The molecule has 0 aliphatic carbocycles. The maximum atomic E-state index is 12.7. The first-order valence-corrected chi connectivity index (χ1v) is 8.44. The summed E-state index contributed by atoms with van der Waals surface area (Å²) < 4.78 is 7.13. The van der Waals surface area contributed by atoms with E-state index in [4.69, 9.17) is 4.74 Å². The minimum atomic E-state index is -1.01. The van der Waals surface area contributed by atoms with E-state index in [1.165, 1.54) is 0 Å². The van der Waals surface area contributed by atoms with Crippen molar-refractivity contribution in [3.05, 3.63) is 36.4 Å². The van der Waals surface area contributed by atoms with Crippen molar-refractivity contribution in [3.8, 4) is 5.75 Å². The summed E-state index contributed by atoms with van der Waals surface area (Å²) >= 11 is 0. The Morgan fingerprint density at radius 1 is 1.44 bits per heavy atom. The minimum absolute atomic E-state index is 0.0530. The van der Waals surface area contributed by atoms with E-state index in [1.54, 1.807) is 40.3 Å². The Kier molecular flexibility index (Phi) is 4.98. The Bertz CT molecular complexity index is 702. The molecule has 1 amide bonds. The third kappa shape index (κ3) is 4.33. The van der Waals surface area contributed by atoms with Crippen LogP contribution in [-0.2, 0) is 6.54 Å². The van der Waals surface area contributed by atoms with E-state index < -0.39 is 5.60 Å². The van der Waals surface area contributed by atoms with Gasteiger partial charge >= 0.3 is 0 Å². The molecular weight excluding hydrogens is 322 g/mol. The molecule has 0 saturated carbocycles. The number of ether oxygens (including phenoxy) is 1. The predicted molar refractivity (Wildman–Crippen MR) is 90.1 cm³/mol. The lowest BCUT2D eigenvalue weighted by atomic mass is 9.92. The van der Waals surface area contributed by atoms with Crippen LogP contribution in [0.3, 0.4) is 0 Å². The lowest BCUT2D eigenvalue weighted by Gasteiger charge is -2.38. The molecule has 0 aromatic carbocycles. The molecule has 2 aromatic heterocycles. The fourth-order valence-corrected chi connectivity index (χ4v) is 3.04. The van der Waals surface area contributed by atoms with E-state index in [9.17, 15) is 9.90 Å². The summed E-state index contributed by atoms with van der Waals surface area (Å²) in [5, 5.41) is 18.5. The normalized spacial score (nSPS) is 20.7. The second kappa shape index (κ2) is 7.18. The number of pyridine rings is 1. The van der Waals surface area contributed by atoms with Crippen molar-refractivity contribution in [1.82, 2.24) is 24.9 Å². The van der Waals surface area contributed by atoms with Crippen LogP contribution in [0.4, 0.5) is 0 Å². The van der Waals surface area contributed by atoms with Gasteiger partial charge in [-0.25, -0.2) is 9.67 Å². The molecule has 0 spiro atoms. The van der Waals surface area contributed by atoms with Gasteiger partial charge in [-0.05, 0) is 38.8 Å². The molecule has 0 radical (unpaired) electrons. The average Bonchev–Trinajstić information content (AvgIpc) is 3.06. The summed E-state index contributed by atoms with van der Waals surface area (Å²) in [6.07, 6.45) is 6.22. The Labute approximate surface area is 146 Å². The van der Waals surface area contributed by atoms with Gasteiger partial charge in [0.15, 0.2) is 0 Å². The minimum Gasteiger partial charge on any atom is -0.489 e. The molecule has 3 rings (SSSR count). The number of aromatic nitrogens is 4. The van der Waals surface area contributed by atoms with Gasteiger partial charge in [-0.1, -0.05) is 5.21 Å². The standard InChI is InChI=1S/C17H23N5O3/c1-13(2)25-14-4-5-15(18-10-14)16(23)21-8-3-6-17(24,11-21)12-22-9-7-19-20-22/h4-5,7,9-10,13,24H,3,6,8,11-12H2,1-2H3. The Balaban J connectivity index is 1.67. The molecule has 1 fully saturated rings. The molecule has 25 heavy (non-hydrogen) atoms. The van der Waals surface area contributed by atoms with Crippen LogP contribution in [0.2, 0.25) is 0 Å².